The van der Waals surface area contributed by atoms with E-state index in [9.17, 15) is 4.79 Å². The Morgan fingerprint density at radius 1 is 1.64 bits per heavy atom. The molecule has 0 aliphatic heterocycles. The fourth-order valence-electron chi connectivity index (χ4n) is 0.598. The molecular weight excluding hydrogens is 203 g/mol. The van der Waals surface area contributed by atoms with E-state index in [1.54, 1.807) is 0 Å². The number of halogens is 2. The first-order valence-corrected chi connectivity index (χ1v) is 5.18. The minimum absolute atomic E-state index is 0.256. The van der Waals surface area contributed by atoms with Crippen molar-refractivity contribution in [2.45, 2.75) is 23.7 Å². The van der Waals surface area contributed by atoms with Crippen molar-refractivity contribution in [3.8, 4) is 0 Å². The molecule has 5 heteroatoms. The van der Waals surface area contributed by atoms with Crippen molar-refractivity contribution in [3.05, 3.63) is 0 Å². The molecule has 0 atom stereocenters. The Kier molecular flexibility index (Phi) is 5.13. The van der Waals surface area contributed by atoms with Gasteiger partial charge in [-0.25, -0.2) is 0 Å². The van der Waals surface area contributed by atoms with Gasteiger partial charge >= 0.3 is 5.97 Å². The highest BCUT2D eigenvalue weighted by atomic mass is 35.5. The first-order chi connectivity index (χ1) is 4.92. The number of esters is 1. The van der Waals surface area contributed by atoms with E-state index in [2.05, 4.69) is 0 Å². The quantitative estimate of drug-likeness (QED) is 0.300. The van der Waals surface area contributed by atoms with Gasteiger partial charge in [0.05, 0.1) is 10.6 Å². The van der Waals surface area contributed by atoms with Crippen LogP contribution >= 0.6 is 23.2 Å². The molecule has 0 saturated carbocycles. The summed E-state index contributed by atoms with van der Waals surface area (Å²) in [7, 11) is 0.731. The second-order valence-electron chi connectivity index (χ2n) is 2.51. The molecule has 2 nitrogen and oxygen atoms in total. The average Bonchev–Trinajstić information content (AvgIpc) is 1.78. The second-order valence-corrected chi connectivity index (χ2v) is 7.35. The molecule has 11 heavy (non-hydrogen) atoms. The summed E-state index contributed by atoms with van der Waals surface area (Å²) in [6.45, 7) is 1.80. The van der Waals surface area contributed by atoms with Crippen LogP contribution in [0.1, 0.15) is 19.8 Å². The summed E-state index contributed by atoms with van der Waals surface area (Å²) in [4.78, 5) is 10.3. The Morgan fingerprint density at radius 3 is 2.55 bits per heavy atom. The molecule has 66 valence electrons. The molecule has 0 aliphatic rings. The summed E-state index contributed by atoms with van der Waals surface area (Å²) in [6, 6.07) is 0. The Labute approximate surface area is 79.6 Å². The first kappa shape index (κ1) is 11.3. The van der Waals surface area contributed by atoms with E-state index in [4.69, 9.17) is 27.9 Å². The number of rotatable bonds is 4. The number of hydrogen-bond acceptors (Lipinski definition) is 2. The summed E-state index contributed by atoms with van der Waals surface area (Å²) in [6.07, 6.45) is 1.42. The molecule has 0 amide bonds. The summed E-state index contributed by atoms with van der Waals surface area (Å²) in [5, 5.41) is 0. The molecule has 0 rings (SSSR count). The zero-order valence-corrected chi connectivity index (χ0v) is 10.2. The molecule has 0 aromatic carbocycles. The van der Waals surface area contributed by atoms with Crippen molar-refractivity contribution >= 4 is 39.4 Å². The van der Waals surface area contributed by atoms with Gasteiger partial charge < -0.3 is 4.74 Å². The predicted molar refractivity (Wildman–Crippen MR) is 50.2 cm³/mol. The fourth-order valence-corrected chi connectivity index (χ4v) is 1.22. The predicted octanol–water partition coefficient (Wildman–Crippen LogP) is 0.826. The van der Waals surface area contributed by atoms with Crippen LogP contribution in [-0.4, -0.2) is 26.8 Å². The molecule has 0 aromatic heterocycles. The summed E-state index contributed by atoms with van der Waals surface area (Å²) >= 11 is 11.5. The molecule has 0 radical (unpaired) electrons. The maximum Gasteiger partial charge on any atom is 0.302 e. The van der Waals surface area contributed by atoms with Gasteiger partial charge in [0.2, 0.25) is 0 Å². The van der Waals surface area contributed by atoms with Gasteiger partial charge in [0.15, 0.2) is 0 Å². The molecular formula is C6H12Cl2O2Si. The SMILES string of the molecule is CC(=O)OCCCC([SiH3])(Cl)Cl. The summed E-state index contributed by atoms with van der Waals surface area (Å²) in [5.74, 6) is -0.256. The maximum absolute atomic E-state index is 10.3. The van der Waals surface area contributed by atoms with E-state index in [0.717, 1.165) is 16.7 Å². The van der Waals surface area contributed by atoms with Crippen LogP contribution in [0.15, 0.2) is 0 Å². The average molecular weight is 215 g/mol. The van der Waals surface area contributed by atoms with Crippen LogP contribution < -0.4 is 0 Å². The smallest absolute Gasteiger partial charge is 0.302 e. The van der Waals surface area contributed by atoms with Gasteiger partial charge in [0.25, 0.3) is 0 Å². The zero-order valence-electron chi connectivity index (χ0n) is 6.69. The Balaban J connectivity index is 3.22. The van der Waals surface area contributed by atoms with Gasteiger partial charge in [0.1, 0.15) is 0 Å². The molecule has 0 spiro atoms. The van der Waals surface area contributed by atoms with Crippen LogP contribution in [0.25, 0.3) is 0 Å². The molecule has 0 unspecified atom stereocenters. The monoisotopic (exact) mass is 214 g/mol. The lowest BCUT2D eigenvalue weighted by atomic mass is 10.3. The van der Waals surface area contributed by atoms with E-state index in [1.165, 1.54) is 6.92 Å². The van der Waals surface area contributed by atoms with Gasteiger partial charge in [-0.15, -0.1) is 23.2 Å². The maximum atomic E-state index is 10.3. The third-order valence-electron chi connectivity index (χ3n) is 1.07. The third kappa shape index (κ3) is 10.3. The molecule has 0 saturated heterocycles. The third-order valence-corrected chi connectivity index (χ3v) is 1.94. The molecule has 0 aliphatic carbocycles. The van der Waals surface area contributed by atoms with Crippen molar-refractivity contribution in [2.75, 3.05) is 6.61 Å². The minimum Gasteiger partial charge on any atom is -0.466 e. The highest BCUT2D eigenvalue weighted by molar-refractivity contribution is 6.65. The largest absolute Gasteiger partial charge is 0.466 e. The van der Waals surface area contributed by atoms with Crippen LogP contribution in [0.5, 0.6) is 0 Å². The number of ether oxygens (including phenoxy) is 1. The normalized spacial score (nSPS) is 11.5. The fraction of sp³-hybridized carbons (Fsp3) is 0.833. The lowest BCUT2D eigenvalue weighted by molar-refractivity contribution is -0.141. The number of carbonyl (C=O) groups is 1. The van der Waals surface area contributed by atoms with Gasteiger partial charge in [-0.1, -0.05) is 0 Å². The second kappa shape index (κ2) is 5.01. The van der Waals surface area contributed by atoms with Crippen LogP contribution in [0.2, 0.25) is 0 Å². The highest BCUT2D eigenvalue weighted by Gasteiger charge is 2.14. The number of hydrogen-bond donors (Lipinski definition) is 0. The molecule has 0 heterocycles. The first-order valence-electron chi connectivity index (χ1n) is 3.43. The lowest BCUT2D eigenvalue weighted by Gasteiger charge is -2.11. The molecule has 0 N–H and O–H groups in total. The van der Waals surface area contributed by atoms with E-state index < -0.39 is 3.96 Å². The Bertz CT molecular complexity index is 133. The number of alkyl halides is 2. The van der Waals surface area contributed by atoms with E-state index in [-0.39, 0.29) is 5.97 Å². The van der Waals surface area contributed by atoms with Crippen molar-refractivity contribution in [1.29, 1.82) is 0 Å². The van der Waals surface area contributed by atoms with Crippen LogP contribution in [0.3, 0.4) is 0 Å². The minimum atomic E-state index is -0.569. The van der Waals surface area contributed by atoms with Gasteiger partial charge in [-0.2, -0.15) is 0 Å². The standard InChI is InChI=1S/C6H12Cl2O2Si/c1-5(9)10-4-2-3-6(7,8)11/h2-4H2,1,11H3. The van der Waals surface area contributed by atoms with Crippen molar-refractivity contribution in [2.24, 2.45) is 0 Å². The van der Waals surface area contributed by atoms with E-state index >= 15 is 0 Å². The van der Waals surface area contributed by atoms with Crippen molar-refractivity contribution in [1.82, 2.24) is 0 Å². The van der Waals surface area contributed by atoms with E-state index in [1.807, 2.05) is 0 Å². The van der Waals surface area contributed by atoms with Gasteiger partial charge in [-0.05, 0) is 12.8 Å². The van der Waals surface area contributed by atoms with Crippen molar-refractivity contribution in [3.63, 3.8) is 0 Å². The van der Waals surface area contributed by atoms with Crippen LogP contribution in [-0.2, 0) is 9.53 Å². The van der Waals surface area contributed by atoms with Crippen LogP contribution in [0.4, 0.5) is 0 Å². The lowest BCUT2D eigenvalue weighted by Crippen LogP contribution is -2.13. The molecule has 0 bridgehead atoms. The Morgan fingerprint density at radius 2 is 2.18 bits per heavy atom. The highest BCUT2D eigenvalue weighted by Crippen LogP contribution is 2.21. The molecule has 0 aromatic rings. The van der Waals surface area contributed by atoms with Crippen molar-refractivity contribution < 1.29 is 9.53 Å². The zero-order chi connectivity index (χ0) is 8.91. The van der Waals surface area contributed by atoms with E-state index in [0.29, 0.717) is 13.0 Å². The number of carbonyl (C=O) groups excluding carboxylic acids is 1. The van der Waals surface area contributed by atoms with Gasteiger partial charge in [0, 0.05) is 17.2 Å². The summed E-state index contributed by atoms with van der Waals surface area (Å²) in [5.41, 5.74) is 0. The Hall–Kier alpha value is 0.267. The molecule has 0 fully saturated rings. The summed E-state index contributed by atoms with van der Waals surface area (Å²) < 4.78 is 4.13. The van der Waals surface area contributed by atoms with Gasteiger partial charge in [-0.3, -0.25) is 4.79 Å². The van der Waals surface area contributed by atoms with Crippen LogP contribution in [0, 0.1) is 0 Å². The topological polar surface area (TPSA) is 26.3 Å².